The molecule has 63 heavy (non-hydrogen) atoms. The summed E-state index contributed by atoms with van der Waals surface area (Å²) in [5.41, 5.74) is 2.49. The molecule has 2 N–H and O–H groups in total. The van der Waals surface area contributed by atoms with E-state index in [-0.39, 0.29) is 33.5 Å². The predicted octanol–water partition coefficient (Wildman–Crippen LogP) is 7.36. The lowest BCUT2D eigenvalue weighted by molar-refractivity contribution is -0.206. The number of rotatable bonds is 13. The Morgan fingerprint density at radius 3 is 1.29 bits per heavy atom. The normalized spacial score (nSPS) is 33.2. The van der Waals surface area contributed by atoms with Crippen molar-refractivity contribution >= 4 is 0 Å². The highest BCUT2D eigenvalue weighted by atomic mass is 16.7. The SMILES string of the molecule is CC(C)(CCC(C)(N1CCC2(CC1)COC2)C(C)(CCC(C)(N1CCC2(CC1)CNC2)C(C)(C)N1CCC2(CC1)CC2)N1CCC2(CC1)OCCO2)N1CCC2(CCNCC2)CC1. The lowest BCUT2D eigenvalue weighted by atomic mass is 9.63. The van der Waals surface area contributed by atoms with Crippen molar-refractivity contribution in [2.75, 3.05) is 118 Å². The maximum Gasteiger partial charge on any atom is 0.170 e. The van der Waals surface area contributed by atoms with E-state index in [1.807, 2.05) is 0 Å². The molecule has 9 saturated heterocycles. The first-order valence-corrected chi connectivity index (χ1v) is 27.0. The first-order chi connectivity index (χ1) is 30.0. The molecule has 10 nitrogen and oxygen atoms in total. The number of hydrogen-bond donors (Lipinski definition) is 2. The van der Waals surface area contributed by atoms with Gasteiger partial charge in [0.1, 0.15) is 0 Å². The van der Waals surface area contributed by atoms with Gasteiger partial charge in [0.25, 0.3) is 0 Å². The van der Waals surface area contributed by atoms with Gasteiger partial charge in [-0.3, -0.25) is 24.5 Å². The van der Waals surface area contributed by atoms with Gasteiger partial charge >= 0.3 is 0 Å². The summed E-state index contributed by atoms with van der Waals surface area (Å²) in [7, 11) is 0. The molecule has 3 unspecified atom stereocenters. The minimum absolute atomic E-state index is 0.00249. The maximum atomic E-state index is 6.45. The number of piperidine rings is 6. The second kappa shape index (κ2) is 16.9. The molecule has 0 amide bonds. The van der Waals surface area contributed by atoms with Crippen LogP contribution in [0.3, 0.4) is 0 Å². The molecular weight excluding hydrogens is 783 g/mol. The van der Waals surface area contributed by atoms with Crippen LogP contribution in [-0.4, -0.2) is 176 Å². The summed E-state index contributed by atoms with van der Waals surface area (Å²) in [6, 6.07) is 0. The van der Waals surface area contributed by atoms with E-state index in [1.165, 1.54) is 181 Å². The highest BCUT2D eigenvalue weighted by Crippen LogP contribution is 2.56. The summed E-state index contributed by atoms with van der Waals surface area (Å²) in [5, 5.41) is 7.33. The fraction of sp³-hybridized carbons (Fsp3) is 1.00. The van der Waals surface area contributed by atoms with Crippen molar-refractivity contribution in [1.29, 1.82) is 0 Å². The fourth-order valence-corrected chi connectivity index (χ4v) is 15.8. The summed E-state index contributed by atoms with van der Waals surface area (Å²) in [6.07, 6.45) is 23.4. The van der Waals surface area contributed by atoms with Gasteiger partial charge in [-0.1, -0.05) is 0 Å². The van der Waals surface area contributed by atoms with Gasteiger partial charge in [0.05, 0.1) is 26.4 Å². The minimum atomic E-state index is -0.374. The van der Waals surface area contributed by atoms with Crippen molar-refractivity contribution in [2.24, 2.45) is 21.7 Å². The van der Waals surface area contributed by atoms with Crippen LogP contribution in [0, 0.1) is 21.7 Å². The van der Waals surface area contributed by atoms with Crippen LogP contribution < -0.4 is 10.6 Å². The third-order valence-corrected chi connectivity index (χ3v) is 22.6. The van der Waals surface area contributed by atoms with Crippen molar-refractivity contribution in [3.8, 4) is 0 Å². The Balaban J connectivity index is 0.964. The standard InChI is InChI=1S/C53H95N7O3/c1-44(2,56-28-16-50(17-29-56)14-26-54-27-15-50)8-9-47(6,59-34-22-52(23-35-59)42-61-43-52)48(7,60-36-24-53(25-37-60)62-38-39-63-53)11-10-46(5,58-32-20-51(21-33-58)40-55-41-51)45(3,4)57-30-18-49(12-13-49)19-31-57/h54-55H,8-43H2,1-7H3. The van der Waals surface area contributed by atoms with Crippen molar-refractivity contribution in [3.05, 3.63) is 0 Å². The molecule has 1 aliphatic carbocycles. The van der Waals surface area contributed by atoms with Crippen molar-refractivity contribution in [3.63, 3.8) is 0 Å². The lowest BCUT2D eigenvalue weighted by Crippen LogP contribution is -2.74. The van der Waals surface area contributed by atoms with Crippen LogP contribution in [-0.2, 0) is 14.2 Å². The molecule has 0 aromatic carbocycles. The van der Waals surface area contributed by atoms with Gasteiger partial charge in [-0.2, -0.15) is 0 Å². The molecular formula is C53H95N7O3. The van der Waals surface area contributed by atoms with E-state index in [0.29, 0.717) is 21.7 Å². The summed E-state index contributed by atoms with van der Waals surface area (Å²) in [4.78, 5) is 15.1. The molecule has 5 spiro atoms. The minimum Gasteiger partial charge on any atom is -0.380 e. The van der Waals surface area contributed by atoms with Crippen LogP contribution in [0.4, 0.5) is 0 Å². The predicted molar refractivity (Wildman–Crippen MR) is 255 cm³/mol. The average Bonchev–Trinajstić information content (AvgIpc) is 3.87. The van der Waals surface area contributed by atoms with Gasteiger partial charge in [-0.15, -0.1) is 0 Å². The lowest BCUT2D eigenvalue weighted by Gasteiger charge is -2.64. The molecule has 0 radical (unpaired) electrons. The molecule has 360 valence electrons. The van der Waals surface area contributed by atoms with E-state index in [2.05, 4.69) is 83.6 Å². The van der Waals surface area contributed by atoms with Crippen LogP contribution in [0.5, 0.6) is 0 Å². The number of hydrogen-bond acceptors (Lipinski definition) is 10. The first kappa shape index (κ1) is 46.3. The molecule has 1 saturated carbocycles. The number of nitrogens with one attached hydrogen (secondary N) is 2. The van der Waals surface area contributed by atoms with E-state index >= 15 is 0 Å². The number of ether oxygens (including phenoxy) is 3. The monoisotopic (exact) mass is 878 g/mol. The molecule has 0 bridgehead atoms. The van der Waals surface area contributed by atoms with E-state index in [1.54, 1.807) is 0 Å². The van der Waals surface area contributed by atoms with Crippen molar-refractivity contribution in [2.45, 2.75) is 198 Å². The van der Waals surface area contributed by atoms with E-state index in [0.717, 1.165) is 52.4 Å². The summed E-state index contributed by atoms with van der Waals surface area (Å²) in [6.45, 7) is 39.3. The van der Waals surface area contributed by atoms with Crippen LogP contribution >= 0.6 is 0 Å². The van der Waals surface area contributed by atoms with Crippen LogP contribution in [0.1, 0.15) is 164 Å². The summed E-state index contributed by atoms with van der Waals surface area (Å²) < 4.78 is 18.8. The molecule has 10 heteroatoms. The largest absolute Gasteiger partial charge is 0.380 e. The third-order valence-electron chi connectivity index (χ3n) is 22.6. The fourth-order valence-electron chi connectivity index (χ4n) is 15.8. The topological polar surface area (TPSA) is 68.0 Å². The highest BCUT2D eigenvalue weighted by molar-refractivity contribution is 5.16. The molecule has 9 heterocycles. The van der Waals surface area contributed by atoms with E-state index in [4.69, 9.17) is 14.2 Å². The molecule has 0 aromatic heterocycles. The van der Waals surface area contributed by atoms with E-state index in [9.17, 15) is 0 Å². The Kier molecular flexibility index (Phi) is 12.5. The second-order valence-corrected chi connectivity index (χ2v) is 26.1. The smallest absolute Gasteiger partial charge is 0.170 e. The molecule has 10 rings (SSSR count). The zero-order valence-corrected chi connectivity index (χ0v) is 41.9. The van der Waals surface area contributed by atoms with Gasteiger partial charge < -0.3 is 24.8 Å². The van der Waals surface area contributed by atoms with Crippen LogP contribution in [0.25, 0.3) is 0 Å². The average molecular weight is 878 g/mol. The molecule has 10 fully saturated rings. The first-order valence-electron chi connectivity index (χ1n) is 27.0. The highest BCUT2D eigenvalue weighted by Gasteiger charge is 2.60. The quantitative estimate of drug-likeness (QED) is 0.197. The molecule has 9 aliphatic heterocycles. The van der Waals surface area contributed by atoms with Crippen molar-refractivity contribution in [1.82, 2.24) is 35.1 Å². The van der Waals surface area contributed by atoms with E-state index < -0.39 is 0 Å². The molecule has 10 aliphatic rings. The zero-order valence-electron chi connectivity index (χ0n) is 41.9. The molecule has 0 aromatic rings. The Morgan fingerprint density at radius 1 is 0.397 bits per heavy atom. The number of likely N-dealkylation sites (tertiary alicyclic amines) is 5. The Hall–Kier alpha value is -0.400. The van der Waals surface area contributed by atoms with Crippen LogP contribution in [0.15, 0.2) is 0 Å². The molecule has 3 atom stereocenters. The Bertz CT molecular complexity index is 1550. The Labute approximate surface area is 385 Å². The maximum absolute atomic E-state index is 6.45. The number of nitrogens with zero attached hydrogens (tertiary/aromatic N) is 5. The van der Waals surface area contributed by atoms with Gasteiger partial charge in [0.15, 0.2) is 5.79 Å². The van der Waals surface area contributed by atoms with Crippen LogP contribution in [0.2, 0.25) is 0 Å². The van der Waals surface area contributed by atoms with Gasteiger partial charge in [0.2, 0.25) is 0 Å². The van der Waals surface area contributed by atoms with Gasteiger partial charge in [-0.05, 0) is 233 Å². The summed E-state index contributed by atoms with van der Waals surface area (Å²) >= 11 is 0. The summed E-state index contributed by atoms with van der Waals surface area (Å²) in [5.74, 6) is -0.374. The second-order valence-electron chi connectivity index (χ2n) is 26.1. The zero-order chi connectivity index (χ0) is 43.9. The van der Waals surface area contributed by atoms with Gasteiger partial charge in [-0.25, -0.2) is 0 Å². The Morgan fingerprint density at radius 2 is 0.810 bits per heavy atom. The van der Waals surface area contributed by atoms with Gasteiger partial charge in [0, 0.05) is 72.1 Å². The van der Waals surface area contributed by atoms with Crippen molar-refractivity contribution < 1.29 is 14.2 Å². The third kappa shape index (κ3) is 8.38.